The zero-order valence-corrected chi connectivity index (χ0v) is 12.8. The van der Waals surface area contributed by atoms with Crippen molar-refractivity contribution in [2.24, 2.45) is 0 Å². The highest BCUT2D eigenvalue weighted by molar-refractivity contribution is 5.74. The number of hydrogen-bond acceptors (Lipinski definition) is 5. The van der Waals surface area contributed by atoms with Gasteiger partial charge in [-0.3, -0.25) is 4.79 Å². The van der Waals surface area contributed by atoms with Crippen LogP contribution in [0.5, 0.6) is 5.75 Å². The van der Waals surface area contributed by atoms with Crippen LogP contribution in [0.15, 0.2) is 41.2 Å². The molecule has 0 saturated heterocycles. The van der Waals surface area contributed by atoms with Gasteiger partial charge >= 0.3 is 5.97 Å². The molecule has 116 valence electrons. The van der Waals surface area contributed by atoms with E-state index in [0.717, 1.165) is 11.3 Å². The van der Waals surface area contributed by atoms with Crippen LogP contribution in [0.1, 0.15) is 19.4 Å². The average molecular weight is 302 g/mol. The summed E-state index contributed by atoms with van der Waals surface area (Å²) >= 11 is 0. The summed E-state index contributed by atoms with van der Waals surface area (Å²) in [7, 11) is 2.89. The topological polar surface area (TPSA) is 70.4 Å². The lowest BCUT2D eigenvalue weighted by Crippen LogP contribution is -2.32. The smallest absolute Gasteiger partial charge is 0.330 e. The maximum atomic E-state index is 12.0. The molecule has 0 unspecified atom stereocenters. The molecule has 0 N–H and O–H groups in total. The van der Waals surface area contributed by atoms with E-state index in [1.54, 1.807) is 20.1 Å². The zero-order chi connectivity index (χ0) is 16.1. The van der Waals surface area contributed by atoms with Gasteiger partial charge in [0.2, 0.25) is 0 Å². The van der Waals surface area contributed by atoms with Crippen molar-refractivity contribution in [1.82, 2.24) is 9.78 Å². The normalized spacial score (nSPS) is 11.8. The van der Waals surface area contributed by atoms with Gasteiger partial charge in [-0.2, -0.15) is 5.10 Å². The molecular weight excluding hydrogens is 284 g/mol. The van der Waals surface area contributed by atoms with E-state index in [0.29, 0.717) is 12.1 Å². The van der Waals surface area contributed by atoms with E-state index in [-0.39, 0.29) is 5.56 Å². The minimum atomic E-state index is -0.726. The first-order valence-corrected chi connectivity index (χ1v) is 6.92. The number of hydrogen-bond donors (Lipinski definition) is 0. The number of carbonyl (C=O) groups is 1. The SMILES string of the molecule is CC[C@H](C(=O)OC)n1nc(-c2ccc(OC)cc2)ccc1=O. The van der Waals surface area contributed by atoms with Crippen molar-refractivity contribution in [3.8, 4) is 17.0 Å². The second kappa shape index (κ2) is 6.89. The Hall–Kier alpha value is -2.63. The number of carbonyl (C=O) groups excluding carboxylic acids is 1. The molecule has 0 aliphatic carbocycles. The standard InChI is InChI=1S/C16H18N2O4/c1-4-14(16(20)22-3)18-15(19)10-9-13(17-18)11-5-7-12(21-2)8-6-11/h5-10,14H,4H2,1-3H3/t14-/m1/s1. The molecule has 0 spiro atoms. The Morgan fingerprint density at radius 2 is 1.86 bits per heavy atom. The van der Waals surface area contributed by atoms with Crippen LogP contribution >= 0.6 is 0 Å². The number of esters is 1. The Bertz CT molecular complexity index is 707. The van der Waals surface area contributed by atoms with E-state index < -0.39 is 12.0 Å². The predicted octanol–water partition coefficient (Wildman–Crippen LogP) is 2.04. The fraction of sp³-hybridized carbons (Fsp3) is 0.312. The third-order valence-electron chi connectivity index (χ3n) is 3.37. The van der Waals surface area contributed by atoms with Gasteiger partial charge in [0.15, 0.2) is 6.04 Å². The second-order valence-corrected chi connectivity index (χ2v) is 4.68. The van der Waals surface area contributed by atoms with Crippen LogP contribution in [0.3, 0.4) is 0 Å². The van der Waals surface area contributed by atoms with E-state index in [1.165, 1.54) is 17.9 Å². The molecule has 0 bridgehead atoms. The molecule has 2 rings (SSSR count). The van der Waals surface area contributed by atoms with Crippen LogP contribution in [0.4, 0.5) is 0 Å². The second-order valence-electron chi connectivity index (χ2n) is 4.68. The summed E-state index contributed by atoms with van der Waals surface area (Å²) < 4.78 is 11.0. The van der Waals surface area contributed by atoms with Gasteiger partial charge in [-0.1, -0.05) is 6.92 Å². The minimum Gasteiger partial charge on any atom is -0.497 e. The summed E-state index contributed by atoms with van der Waals surface area (Å²) in [6.07, 6.45) is 0.422. The van der Waals surface area contributed by atoms with Crippen LogP contribution in [-0.4, -0.2) is 30.0 Å². The van der Waals surface area contributed by atoms with Crippen molar-refractivity contribution in [2.75, 3.05) is 14.2 Å². The molecular formula is C16H18N2O4. The Morgan fingerprint density at radius 3 is 2.41 bits per heavy atom. The molecule has 1 atom stereocenters. The fourth-order valence-electron chi connectivity index (χ4n) is 2.14. The molecule has 22 heavy (non-hydrogen) atoms. The Kier molecular flexibility index (Phi) is 4.93. The monoisotopic (exact) mass is 302 g/mol. The number of ether oxygens (including phenoxy) is 2. The highest BCUT2D eigenvalue weighted by Gasteiger charge is 2.21. The van der Waals surface area contributed by atoms with E-state index in [4.69, 9.17) is 9.47 Å². The van der Waals surface area contributed by atoms with Crippen molar-refractivity contribution >= 4 is 5.97 Å². The Balaban J connectivity index is 2.45. The number of rotatable bonds is 5. The lowest BCUT2D eigenvalue weighted by atomic mass is 10.1. The van der Waals surface area contributed by atoms with Gasteiger partial charge in [0.1, 0.15) is 5.75 Å². The number of nitrogens with zero attached hydrogens (tertiary/aromatic N) is 2. The average Bonchev–Trinajstić information content (AvgIpc) is 2.57. The molecule has 0 aliphatic heterocycles. The summed E-state index contributed by atoms with van der Waals surface area (Å²) in [4.78, 5) is 23.8. The highest BCUT2D eigenvalue weighted by atomic mass is 16.5. The van der Waals surface area contributed by atoms with Gasteiger partial charge in [0, 0.05) is 11.6 Å². The third-order valence-corrected chi connectivity index (χ3v) is 3.37. The molecule has 0 fully saturated rings. The Morgan fingerprint density at radius 1 is 1.18 bits per heavy atom. The lowest BCUT2D eigenvalue weighted by Gasteiger charge is -2.15. The summed E-state index contributed by atoms with van der Waals surface area (Å²) in [5, 5.41) is 4.30. The van der Waals surface area contributed by atoms with Gasteiger partial charge < -0.3 is 9.47 Å². The summed E-state index contributed by atoms with van der Waals surface area (Å²) in [6, 6.07) is 9.61. The predicted molar refractivity (Wildman–Crippen MR) is 81.8 cm³/mol. The molecule has 6 nitrogen and oxygen atoms in total. The number of methoxy groups -OCH3 is 2. The first-order valence-electron chi connectivity index (χ1n) is 6.92. The summed E-state index contributed by atoms with van der Waals surface area (Å²) in [5.41, 5.74) is 1.09. The van der Waals surface area contributed by atoms with Crippen LogP contribution in [-0.2, 0) is 9.53 Å². The van der Waals surface area contributed by atoms with E-state index in [2.05, 4.69) is 5.10 Å². The zero-order valence-electron chi connectivity index (χ0n) is 12.8. The molecule has 0 radical (unpaired) electrons. The fourth-order valence-corrected chi connectivity index (χ4v) is 2.14. The van der Waals surface area contributed by atoms with Gasteiger partial charge in [-0.15, -0.1) is 0 Å². The lowest BCUT2D eigenvalue weighted by molar-refractivity contribution is -0.145. The highest BCUT2D eigenvalue weighted by Crippen LogP contribution is 2.20. The van der Waals surface area contributed by atoms with Crippen LogP contribution in [0.2, 0.25) is 0 Å². The minimum absolute atomic E-state index is 0.338. The first-order chi connectivity index (χ1) is 10.6. The van der Waals surface area contributed by atoms with E-state index in [1.807, 2.05) is 24.3 Å². The number of benzene rings is 1. The largest absolute Gasteiger partial charge is 0.497 e. The van der Waals surface area contributed by atoms with Crippen molar-refractivity contribution in [3.05, 3.63) is 46.8 Å². The molecule has 0 amide bonds. The number of aromatic nitrogens is 2. The first kappa shape index (κ1) is 15.8. The molecule has 1 heterocycles. The quantitative estimate of drug-likeness (QED) is 0.790. The molecule has 1 aromatic heterocycles. The van der Waals surface area contributed by atoms with Gasteiger partial charge in [-0.05, 0) is 36.8 Å². The van der Waals surface area contributed by atoms with Gasteiger partial charge in [0.05, 0.1) is 19.9 Å². The molecule has 0 aliphatic rings. The van der Waals surface area contributed by atoms with Crippen molar-refractivity contribution in [3.63, 3.8) is 0 Å². The van der Waals surface area contributed by atoms with Crippen LogP contribution in [0, 0.1) is 0 Å². The molecule has 0 saturated carbocycles. The van der Waals surface area contributed by atoms with Crippen molar-refractivity contribution in [1.29, 1.82) is 0 Å². The Labute approximate surface area is 128 Å². The van der Waals surface area contributed by atoms with E-state index >= 15 is 0 Å². The maximum absolute atomic E-state index is 12.0. The van der Waals surface area contributed by atoms with Crippen molar-refractivity contribution < 1.29 is 14.3 Å². The van der Waals surface area contributed by atoms with Gasteiger partial charge in [0.25, 0.3) is 5.56 Å². The van der Waals surface area contributed by atoms with E-state index in [9.17, 15) is 9.59 Å². The summed E-state index contributed by atoms with van der Waals surface area (Å²) in [5.74, 6) is 0.252. The van der Waals surface area contributed by atoms with Crippen LogP contribution < -0.4 is 10.3 Å². The van der Waals surface area contributed by atoms with Crippen molar-refractivity contribution in [2.45, 2.75) is 19.4 Å². The molecule has 1 aromatic carbocycles. The van der Waals surface area contributed by atoms with Crippen LogP contribution in [0.25, 0.3) is 11.3 Å². The third kappa shape index (κ3) is 3.16. The molecule has 6 heteroatoms. The maximum Gasteiger partial charge on any atom is 0.330 e. The summed E-state index contributed by atoms with van der Waals surface area (Å²) in [6.45, 7) is 1.80. The van der Waals surface area contributed by atoms with Gasteiger partial charge in [-0.25, -0.2) is 9.48 Å². The molecule has 2 aromatic rings.